The number of nitrogen functional groups attached to an aromatic ring is 1. The van der Waals surface area contributed by atoms with Gasteiger partial charge < -0.3 is 20.2 Å². The lowest BCUT2D eigenvalue weighted by Crippen LogP contribution is -2.42. The Morgan fingerprint density at radius 1 is 1.17 bits per heavy atom. The number of piperidine rings is 1. The maximum atomic E-state index is 12.8. The van der Waals surface area contributed by atoms with Gasteiger partial charge in [0.2, 0.25) is 0 Å². The second kappa shape index (κ2) is 9.30. The van der Waals surface area contributed by atoms with Crippen molar-refractivity contribution in [2.75, 3.05) is 25.4 Å². The number of H-pyrrole nitrogens is 1. The van der Waals surface area contributed by atoms with Gasteiger partial charge in [0.05, 0.1) is 11.4 Å². The van der Waals surface area contributed by atoms with Crippen LogP contribution < -0.4 is 16.0 Å². The Morgan fingerprint density at radius 2 is 1.91 bits per heavy atom. The lowest BCUT2D eigenvalue weighted by atomic mass is 10.1. The number of likely N-dealkylation sites (tertiary alicyclic amines) is 1. The minimum atomic E-state index is -0.401. The van der Waals surface area contributed by atoms with Crippen molar-refractivity contribution < 1.29 is 9.53 Å². The predicted octanol–water partition coefficient (Wildman–Crippen LogP) is 3.24. The highest BCUT2D eigenvalue weighted by molar-refractivity contribution is 5.99. The molecule has 0 unspecified atom stereocenters. The number of nitrogens with zero attached hydrogens (tertiary/aromatic N) is 5. The summed E-state index contributed by atoms with van der Waals surface area (Å²) in [7, 11) is 0. The maximum Gasteiger partial charge on any atom is 0.302 e. The van der Waals surface area contributed by atoms with Crippen LogP contribution in [-0.2, 0) is 4.79 Å². The zero-order valence-corrected chi connectivity index (χ0v) is 18.8. The van der Waals surface area contributed by atoms with Gasteiger partial charge in [-0.3, -0.25) is 14.3 Å². The van der Waals surface area contributed by atoms with Crippen LogP contribution in [0.15, 0.2) is 59.4 Å². The number of hydrogen-bond donors (Lipinski definition) is 2. The van der Waals surface area contributed by atoms with Gasteiger partial charge in [-0.1, -0.05) is 18.2 Å². The first-order valence-electron chi connectivity index (χ1n) is 11.3. The molecule has 1 saturated heterocycles. The number of nitrogens with one attached hydrogen (secondary N) is 1. The van der Waals surface area contributed by atoms with Crippen LogP contribution in [0.2, 0.25) is 0 Å². The average molecular weight is 470 g/mol. The van der Waals surface area contributed by atoms with Gasteiger partial charge >= 0.3 is 5.91 Å². The van der Waals surface area contributed by atoms with Gasteiger partial charge in [0, 0.05) is 18.7 Å². The van der Waals surface area contributed by atoms with Crippen LogP contribution in [-0.4, -0.2) is 50.4 Å². The van der Waals surface area contributed by atoms with Gasteiger partial charge in [-0.15, -0.1) is 0 Å². The molecule has 10 heteroatoms. The predicted molar refractivity (Wildman–Crippen MR) is 131 cm³/mol. The first-order valence-corrected chi connectivity index (χ1v) is 11.3. The highest BCUT2D eigenvalue weighted by Crippen LogP contribution is 2.34. The number of nitrogens with two attached hydrogens (primary N) is 1. The SMILES string of the molecule is [C-]#[N+]CC(=O)N1CCC[C@@H](n2nc(-c3ccc(Oc4ccccc4)cc3)c3c(N)n[nH]c(=O)c32)C1. The van der Waals surface area contributed by atoms with Gasteiger partial charge in [0.15, 0.2) is 5.82 Å². The molecule has 1 fully saturated rings. The Bertz CT molecular complexity index is 1470. The summed E-state index contributed by atoms with van der Waals surface area (Å²) in [5, 5.41) is 11.7. The van der Waals surface area contributed by atoms with E-state index in [1.165, 1.54) is 0 Å². The van der Waals surface area contributed by atoms with Crippen molar-refractivity contribution in [1.29, 1.82) is 0 Å². The Labute approximate surface area is 200 Å². The highest BCUT2D eigenvalue weighted by Gasteiger charge is 2.30. The number of benzene rings is 2. The number of aromatic nitrogens is 4. The van der Waals surface area contributed by atoms with Crippen molar-refractivity contribution in [2.24, 2.45) is 0 Å². The third-order valence-corrected chi connectivity index (χ3v) is 6.08. The van der Waals surface area contributed by atoms with Crippen molar-refractivity contribution >= 4 is 22.6 Å². The summed E-state index contributed by atoms with van der Waals surface area (Å²) in [6.07, 6.45) is 1.48. The Kier molecular flexibility index (Phi) is 5.89. The lowest BCUT2D eigenvalue weighted by Gasteiger charge is -2.32. The topological polar surface area (TPSA) is 123 Å². The molecule has 35 heavy (non-hydrogen) atoms. The number of carbonyl (C=O) groups excluding carboxylic acids is 1. The summed E-state index contributed by atoms with van der Waals surface area (Å²) in [6, 6.07) is 16.6. The molecule has 0 aliphatic carbocycles. The number of ether oxygens (including phenoxy) is 1. The van der Waals surface area contributed by atoms with Gasteiger partial charge in [-0.2, -0.15) is 10.2 Å². The van der Waals surface area contributed by atoms with Crippen molar-refractivity contribution in [3.63, 3.8) is 0 Å². The van der Waals surface area contributed by atoms with Crippen LogP contribution in [0.5, 0.6) is 11.5 Å². The fourth-order valence-electron chi connectivity index (χ4n) is 4.43. The van der Waals surface area contributed by atoms with E-state index in [4.69, 9.17) is 22.1 Å². The van der Waals surface area contributed by atoms with Crippen molar-refractivity contribution in [3.8, 4) is 22.8 Å². The summed E-state index contributed by atoms with van der Waals surface area (Å²) >= 11 is 0. The van der Waals surface area contributed by atoms with E-state index in [0.29, 0.717) is 35.4 Å². The molecule has 0 spiro atoms. The van der Waals surface area contributed by atoms with E-state index in [0.717, 1.165) is 24.2 Å². The molecule has 1 aliphatic heterocycles. The van der Waals surface area contributed by atoms with E-state index < -0.39 is 5.56 Å². The molecule has 0 radical (unpaired) electrons. The summed E-state index contributed by atoms with van der Waals surface area (Å²) in [6.45, 7) is 7.75. The zero-order valence-electron chi connectivity index (χ0n) is 18.8. The van der Waals surface area contributed by atoms with E-state index in [2.05, 4.69) is 15.0 Å². The molecule has 2 aromatic heterocycles. The number of carbonyl (C=O) groups is 1. The molecular formula is C25H23N7O3. The van der Waals surface area contributed by atoms with E-state index >= 15 is 0 Å². The molecule has 1 amide bonds. The first kappa shape index (κ1) is 22.2. The summed E-state index contributed by atoms with van der Waals surface area (Å²) in [4.78, 5) is 30.0. The molecule has 2 aromatic carbocycles. The number of para-hydroxylation sites is 1. The number of aromatic amines is 1. The van der Waals surface area contributed by atoms with Crippen LogP contribution in [0, 0.1) is 6.57 Å². The van der Waals surface area contributed by atoms with Crippen LogP contribution >= 0.6 is 0 Å². The van der Waals surface area contributed by atoms with Crippen molar-refractivity contribution in [2.45, 2.75) is 18.9 Å². The fraction of sp³-hybridized carbons (Fsp3) is 0.240. The molecule has 1 aliphatic rings. The molecule has 10 nitrogen and oxygen atoms in total. The molecule has 176 valence electrons. The number of amides is 1. The minimum absolute atomic E-state index is 0.169. The largest absolute Gasteiger partial charge is 0.457 e. The second-order valence-electron chi connectivity index (χ2n) is 8.35. The number of hydrogen-bond acceptors (Lipinski definition) is 6. The van der Waals surface area contributed by atoms with Crippen LogP contribution in [0.25, 0.3) is 27.0 Å². The molecule has 5 rings (SSSR count). The minimum Gasteiger partial charge on any atom is -0.457 e. The Balaban J connectivity index is 1.53. The van der Waals surface area contributed by atoms with E-state index in [1.54, 1.807) is 9.58 Å². The fourth-order valence-corrected chi connectivity index (χ4v) is 4.43. The van der Waals surface area contributed by atoms with Gasteiger partial charge in [-0.25, -0.2) is 11.7 Å². The average Bonchev–Trinajstić information content (AvgIpc) is 3.30. The third kappa shape index (κ3) is 4.31. The number of rotatable bonds is 5. The lowest BCUT2D eigenvalue weighted by molar-refractivity contribution is -0.130. The molecule has 3 N–H and O–H groups in total. The standard InChI is InChI=1S/C25H23N7O3/c1-27-14-20(33)31-13-5-6-17(15-31)32-23-21(24(26)28-29-25(23)34)22(30-32)16-9-11-19(12-10-16)35-18-7-3-2-4-8-18/h2-4,7-12,17H,5-6,13-15H2,(H2,26,28)(H,29,34)/t17-/m1/s1. The van der Waals surface area contributed by atoms with Crippen molar-refractivity contribution in [3.05, 3.63) is 76.4 Å². The molecule has 0 saturated carbocycles. The van der Waals surface area contributed by atoms with Crippen LogP contribution in [0.4, 0.5) is 5.82 Å². The van der Waals surface area contributed by atoms with Crippen LogP contribution in [0.1, 0.15) is 18.9 Å². The molecule has 4 aromatic rings. The van der Waals surface area contributed by atoms with Crippen molar-refractivity contribution in [1.82, 2.24) is 24.9 Å². The zero-order chi connectivity index (χ0) is 24.4. The Hall–Kier alpha value is -4.65. The van der Waals surface area contributed by atoms with E-state index in [1.807, 2.05) is 54.6 Å². The maximum absolute atomic E-state index is 12.8. The quantitative estimate of drug-likeness (QED) is 0.433. The smallest absolute Gasteiger partial charge is 0.302 e. The Morgan fingerprint density at radius 3 is 2.66 bits per heavy atom. The molecular weight excluding hydrogens is 446 g/mol. The summed E-state index contributed by atoms with van der Waals surface area (Å²) in [5.74, 6) is 1.34. The molecule has 1 atom stereocenters. The summed E-state index contributed by atoms with van der Waals surface area (Å²) < 4.78 is 7.54. The van der Waals surface area contributed by atoms with Gasteiger partial charge in [-0.05, 0) is 49.2 Å². The number of fused-ring (bicyclic) bond motifs is 1. The van der Waals surface area contributed by atoms with Crippen LogP contribution in [0.3, 0.4) is 0 Å². The summed E-state index contributed by atoms with van der Waals surface area (Å²) in [5.41, 5.74) is 7.40. The van der Waals surface area contributed by atoms with Gasteiger partial charge in [0.1, 0.15) is 22.7 Å². The van der Waals surface area contributed by atoms with E-state index in [-0.39, 0.29) is 24.3 Å². The van der Waals surface area contributed by atoms with Gasteiger partial charge in [0.25, 0.3) is 12.1 Å². The molecule has 0 bridgehead atoms. The second-order valence-corrected chi connectivity index (χ2v) is 8.35. The normalized spacial score (nSPS) is 15.6. The first-order chi connectivity index (χ1) is 17.0. The third-order valence-electron chi connectivity index (χ3n) is 6.08. The van der Waals surface area contributed by atoms with E-state index in [9.17, 15) is 9.59 Å². The number of anilines is 1. The molecule has 3 heterocycles. The highest BCUT2D eigenvalue weighted by atomic mass is 16.5. The monoisotopic (exact) mass is 469 g/mol.